The zero-order valence-corrected chi connectivity index (χ0v) is 11.9. The number of hydrogen-bond donors (Lipinski definition) is 1. The van der Waals surface area contributed by atoms with Crippen molar-refractivity contribution in [2.45, 2.75) is 47.0 Å². The second kappa shape index (κ2) is 5.72. The van der Waals surface area contributed by atoms with Gasteiger partial charge in [0.2, 0.25) is 5.91 Å². The summed E-state index contributed by atoms with van der Waals surface area (Å²) in [6.07, 6.45) is 1.73. The van der Waals surface area contributed by atoms with Crippen LogP contribution in [0.1, 0.15) is 47.0 Å². The van der Waals surface area contributed by atoms with Crippen LogP contribution in [0.2, 0.25) is 0 Å². The maximum Gasteiger partial charge on any atom is 0.306 e. The number of amides is 1. The lowest BCUT2D eigenvalue weighted by atomic mass is 9.80. The van der Waals surface area contributed by atoms with E-state index in [0.717, 1.165) is 0 Å². The topological polar surface area (TPSA) is 57.6 Å². The SMILES string of the molecule is CC(CC(=O)N1CCC(C(=O)O)CC1)C(C)(C)C. The van der Waals surface area contributed by atoms with Gasteiger partial charge in [-0.2, -0.15) is 0 Å². The zero-order valence-electron chi connectivity index (χ0n) is 11.9. The van der Waals surface area contributed by atoms with Crippen LogP contribution in [0.15, 0.2) is 0 Å². The molecule has 4 heteroatoms. The molecule has 0 spiro atoms. The van der Waals surface area contributed by atoms with Crippen molar-refractivity contribution in [3.63, 3.8) is 0 Å². The Hall–Kier alpha value is -1.06. The van der Waals surface area contributed by atoms with Crippen molar-refractivity contribution in [1.82, 2.24) is 4.90 Å². The summed E-state index contributed by atoms with van der Waals surface area (Å²) in [5.41, 5.74) is 0.134. The highest BCUT2D eigenvalue weighted by Crippen LogP contribution is 2.29. The maximum absolute atomic E-state index is 12.1. The van der Waals surface area contributed by atoms with E-state index in [9.17, 15) is 9.59 Å². The van der Waals surface area contributed by atoms with E-state index in [1.807, 2.05) is 4.90 Å². The van der Waals surface area contributed by atoms with Gasteiger partial charge in [0.05, 0.1) is 5.92 Å². The second-order valence-corrected chi connectivity index (χ2v) is 6.46. The van der Waals surface area contributed by atoms with Crippen LogP contribution in [0.25, 0.3) is 0 Å². The molecule has 0 saturated carbocycles. The zero-order chi connectivity index (χ0) is 13.9. The van der Waals surface area contributed by atoms with Crippen LogP contribution in [0.3, 0.4) is 0 Å². The normalized spacial score (nSPS) is 19.7. The summed E-state index contributed by atoms with van der Waals surface area (Å²) in [4.78, 5) is 24.8. The van der Waals surface area contributed by atoms with E-state index in [1.165, 1.54) is 0 Å². The Labute approximate surface area is 109 Å². The first-order valence-electron chi connectivity index (χ1n) is 6.72. The molecule has 1 N–H and O–H groups in total. The van der Waals surface area contributed by atoms with E-state index in [1.54, 1.807) is 0 Å². The number of carbonyl (C=O) groups is 2. The maximum atomic E-state index is 12.1. The van der Waals surface area contributed by atoms with Crippen LogP contribution >= 0.6 is 0 Å². The van der Waals surface area contributed by atoms with Crippen molar-refractivity contribution in [3.05, 3.63) is 0 Å². The minimum Gasteiger partial charge on any atom is -0.481 e. The largest absolute Gasteiger partial charge is 0.481 e. The fourth-order valence-corrected chi connectivity index (χ4v) is 2.07. The Balaban J connectivity index is 2.43. The molecule has 1 heterocycles. The monoisotopic (exact) mass is 255 g/mol. The molecule has 104 valence electrons. The van der Waals surface area contributed by atoms with Gasteiger partial charge in [0.1, 0.15) is 0 Å². The van der Waals surface area contributed by atoms with Gasteiger partial charge in [-0.15, -0.1) is 0 Å². The van der Waals surface area contributed by atoms with Crippen LogP contribution in [0.5, 0.6) is 0 Å². The minimum atomic E-state index is -0.731. The van der Waals surface area contributed by atoms with Crippen LogP contribution in [0.4, 0.5) is 0 Å². The van der Waals surface area contributed by atoms with Crippen molar-refractivity contribution in [2.24, 2.45) is 17.3 Å². The molecule has 1 amide bonds. The molecular weight excluding hydrogens is 230 g/mol. The summed E-state index contributed by atoms with van der Waals surface area (Å²) >= 11 is 0. The number of rotatable bonds is 3. The van der Waals surface area contributed by atoms with Gasteiger partial charge in [0.25, 0.3) is 0 Å². The standard InChI is InChI=1S/C14H25NO3/c1-10(14(2,3)4)9-12(16)15-7-5-11(6-8-15)13(17)18/h10-11H,5-9H2,1-4H3,(H,17,18). The summed E-state index contributed by atoms with van der Waals surface area (Å²) in [6, 6.07) is 0. The lowest BCUT2D eigenvalue weighted by molar-refractivity contribution is -0.146. The number of piperidine rings is 1. The summed E-state index contributed by atoms with van der Waals surface area (Å²) in [6.45, 7) is 9.70. The molecule has 1 unspecified atom stereocenters. The highest BCUT2D eigenvalue weighted by Gasteiger charge is 2.29. The number of hydrogen-bond acceptors (Lipinski definition) is 2. The van der Waals surface area contributed by atoms with Gasteiger partial charge in [0.15, 0.2) is 0 Å². The van der Waals surface area contributed by atoms with Gasteiger partial charge in [-0.1, -0.05) is 27.7 Å². The molecule has 0 aromatic rings. The van der Waals surface area contributed by atoms with Gasteiger partial charge < -0.3 is 10.0 Å². The predicted molar refractivity (Wildman–Crippen MR) is 70.2 cm³/mol. The van der Waals surface area contributed by atoms with Gasteiger partial charge >= 0.3 is 5.97 Å². The fourth-order valence-electron chi connectivity index (χ4n) is 2.07. The first-order valence-corrected chi connectivity index (χ1v) is 6.72. The average Bonchev–Trinajstić information content (AvgIpc) is 2.27. The van der Waals surface area contributed by atoms with Gasteiger partial charge in [-0.05, 0) is 24.2 Å². The molecule has 4 nitrogen and oxygen atoms in total. The smallest absolute Gasteiger partial charge is 0.306 e. The molecule has 0 aromatic heterocycles. The van der Waals surface area contributed by atoms with Crippen LogP contribution in [-0.4, -0.2) is 35.0 Å². The molecule has 1 fully saturated rings. The molecular formula is C14H25NO3. The number of aliphatic carboxylic acids is 1. The Morgan fingerprint density at radius 2 is 1.78 bits per heavy atom. The van der Waals surface area contributed by atoms with E-state index < -0.39 is 5.97 Å². The third-order valence-corrected chi connectivity index (χ3v) is 4.16. The molecule has 18 heavy (non-hydrogen) atoms. The fraction of sp³-hybridized carbons (Fsp3) is 0.857. The number of carboxylic acids is 1. The van der Waals surface area contributed by atoms with Crippen molar-refractivity contribution in [3.8, 4) is 0 Å². The van der Waals surface area contributed by atoms with E-state index in [4.69, 9.17) is 5.11 Å². The molecule has 1 atom stereocenters. The third-order valence-electron chi connectivity index (χ3n) is 4.16. The number of carboxylic acid groups (broad SMARTS) is 1. The Kier molecular flexibility index (Phi) is 4.77. The number of likely N-dealkylation sites (tertiary alicyclic amines) is 1. The van der Waals surface area contributed by atoms with Crippen LogP contribution < -0.4 is 0 Å². The van der Waals surface area contributed by atoms with E-state index in [-0.39, 0.29) is 17.2 Å². The third kappa shape index (κ3) is 4.00. The van der Waals surface area contributed by atoms with Crippen LogP contribution in [-0.2, 0) is 9.59 Å². The Bertz CT molecular complexity index is 311. The van der Waals surface area contributed by atoms with Crippen molar-refractivity contribution < 1.29 is 14.7 Å². The van der Waals surface area contributed by atoms with E-state index >= 15 is 0 Å². The highest BCUT2D eigenvalue weighted by molar-refractivity contribution is 5.77. The second-order valence-electron chi connectivity index (χ2n) is 6.46. The van der Waals surface area contributed by atoms with E-state index in [2.05, 4.69) is 27.7 Å². The molecule has 0 bridgehead atoms. The summed E-state index contributed by atoms with van der Waals surface area (Å²) in [7, 11) is 0. The van der Waals surface area contributed by atoms with Crippen molar-refractivity contribution in [1.29, 1.82) is 0 Å². The number of nitrogens with zero attached hydrogens (tertiary/aromatic N) is 1. The van der Waals surface area contributed by atoms with Crippen molar-refractivity contribution in [2.75, 3.05) is 13.1 Å². The molecule has 0 radical (unpaired) electrons. The van der Waals surface area contributed by atoms with Gasteiger partial charge in [-0.3, -0.25) is 9.59 Å². The Morgan fingerprint density at radius 3 is 2.17 bits per heavy atom. The molecule has 0 aromatic carbocycles. The summed E-state index contributed by atoms with van der Waals surface area (Å²) < 4.78 is 0. The lowest BCUT2D eigenvalue weighted by Crippen LogP contribution is -2.41. The minimum absolute atomic E-state index is 0.134. The molecule has 1 saturated heterocycles. The molecule has 1 aliphatic heterocycles. The number of carbonyl (C=O) groups excluding carboxylic acids is 1. The first-order chi connectivity index (χ1) is 8.21. The van der Waals surface area contributed by atoms with Gasteiger partial charge in [-0.25, -0.2) is 0 Å². The van der Waals surface area contributed by atoms with Crippen molar-refractivity contribution >= 4 is 11.9 Å². The summed E-state index contributed by atoms with van der Waals surface area (Å²) in [5, 5.41) is 8.91. The van der Waals surface area contributed by atoms with Gasteiger partial charge in [0, 0.05) is 19.5 Å². The lowest BCUT2D eigenvalue weighted by Gasteiger charge is -2.33. The molecule has 1 aliphatic rings. The first kappa shape index (κ1) is 15.0. The highest BCUT2D eigenvalue weighted by atomic mass is 16.4. The molecule has 0 aliphatic carbocycles. The predicted octanol–water partition coefficient (Wildman–Crippen LogP) is 2.38. The van der Waals surface area contributed by atoms with Crippen LogP contribution in [0, 0.1) is 17.3 Å². The van der Waals surface area contributed by atoms with E-state index in [0.29, 0.717) is 38.3 Å². The average molecular weight is 255 g/mol. The summed E-state index contributed by atoms with van der Waals surface area (Å²) in [5.74, 6) is -0.497. The molecule has 1 rings (SSSR count). The Morgan fingerprint density at radius 1 is 1.28 bits per heavy atom. The quantitative estimate of drug-likeness (QED) is 0.842.